The Morgan fingerprint density at radius 1 is 1.00 bits per heavy atom. The van der Waals surface area contributed by atoms with Crippen LogP contribution in [-0.2, 0) is 0 Å². The largest absolute Gasteiger partial charge is 0.372 e. The third-order valence-electron chi connectivity index (χ3n) is 3.38. The Kier molecular flexibility index (Phi) is 3.84. The summed E-state index contributed by atoms with van der Waals surface area (Å²) in [6.45, 7) is 10.2. The second-order valence-corrected chi connectivity index (χ2v) is 4.60. The van der Waals surface area contributed by atoms with E-state index < -0.39 is 0 Å². The van der Waals surface area contributed by atoms with Crippen LogP contribution in [0.2, 0.25) is 0 Å². The van der Waals surface area contributed by atoms with Gasteiger partial charge in [-0.05, 0) is 44.8 Å². The number of likely N-dealkylation sites (tertiary alicyclic amines) is 2. The summed E-state index contributed by atoms with van der Waals surface area (Å²) in [5.41, 5.74) is 1.20. The summed E-state index contributed by atoms with van der Waals surface area (Å²) in [4.78, 5) is 4.90. The van der Waals surface area contributed by atoms with Crippen molar-refractivity contribution in [2.75, 3.05) is 32.7 Å². The van der Waals surface area contributed by atoms with Gasteiger partial charge in [0.2, 0.25) is 0 Å². The van der Waals surface area contributed by atoms with Crippen molar-refractivity contribution in [3.05, 3.63) is 24.4 Å². The molecule has 0 aromatic heterocycles. The van der Waals surface area contributed by atoms with Crippen LogP contribution in [0.3, 0.4) is 0 Å². The lowest BCUT2D eigenvalue weighted by Gasteiger charge is -2.17. The first-order valence-corrected chi connectivity index (χ1v) is 6.19. The molecule has 15 heavy (non-hydrogen) atoms. The van der Waals surface area contributed by atoms with Gasteiger partial charge in [0.05, 0.1) is 0 Å². The number of nitrogens with zero attached hydrogens (tertiary/aromatic N) is 2. The van der Waals surface area contributed by atoms with E-state index in [2.05, 4.69) is 28.5 Å². The molecule has 0 amide bonds. The van der Waals surface area contributed by atoms with E-state index in [4.69, 9.17) is 0 Å². The zero-order chi connectivity index (χ0) is 10.5. The van der Waals surface area contributed by atoms with Gasteiger partial charge in [0, 0.05) is 25.3 Å². The number of hydrogen-bond donors (Lipinski definition) is 0. The molecule has 0 bridgehead atoms. The summed E-state index contributed by atoms with van der Waals surface area (Å²) < 4.78 is 0. The van der Waals surface area contributed by atoms with E-state index >= 15 is 0 Å². The van der Waals surface area contributed by atoms with E-state index in [1.54, 1.807) is 0 Å². The minimum atomic E-state index is 1.10. The van der Waals surface area contributed by atoms with Crippen molar-refractivity contribution < 1.29 is 0 Å². The number of allylic oxidation sites excluding steroid dienone is 1. The maximum Gasteiger partial charge on any atom is 0.0290 e. The van der Waals surface area contributed by atoms with E-state index in [1.807, 2.05) is 0 Å². The third kappa shape index (κ3) is 3.10. The highest BCUT2D eigenvalue weighted by Crippen LogP contribution is 2.14. The normalized spacial score (nSPS) is 23.1. The Balaban J connectivity index is 1.70. The molecular weight excluding hydrogens is 184 g/mol. The second kappa shape index (κ2) is 5.36. The highest BCUT2D eigenvalue weighted by Gasteiger charge is 2.11. The van der Waals surface area contributed by atoms with Crippen LogP contribution in [0.4, 0.5) is 0 Å². The van der Waals surface area contributed by atoms with E-state index in [9.17, 15) is 0 Å². The summed E-state index contributed by atoms with van der Waals surface area (Å²) in [5.74, 6) is 0. The van der Waals surface area contributed by atoms with Crippen molar-refractivity contribution in [1.29, 1.82) is 0 Å². The van der Waals surface area contributed by atoms with Crippen LogP contribution in [0.25, 0.3) is 0 Å². The molecule has 0 aliphatic carbocycles. The SMILES string of the molecule is C=C(/C=C/CN1CCCC1)N1CCCC1. The average molecular weight is 206 g/mol. The number of rotatable bonds is 4. The lowest BCUT2D eigenvalue weighted by molar-refractivity contribution is 0.376. The second-order valence-electron chi connectivity index (χ2n) is 4.60. The smallest absolute Gasteiger partial charge is 0.0290 e. The molecule has 2 heterocycles. The highest BCUT2D eigenvalue weighted by molar-refractivity contribution is 5.14. The molecule has 2 aliphatic heterocycles. The molecule has 2 fully saturated rings. The number of hydrogen-bond acceptors (Lipinski definition) is 2. The van der Waals surface area contributed by atoms with Crippen LogP contribution in [0, 0.1) is 0 Å². The van der Waals surface area contributed by atoms with Crippen molar-refractivity contribution in [2.45, 2.75) is 25.7 Å². The van der Waals surface area contributed by atoms with Crippen LogP contribution < -0.4 is 0 Å². The van der Waals surface area contributed by atoms with Crippen LogP contribution in [0.15, 0.2) is 24.4 Å². The van der Waals surface area contributed by atoms with Crippen LogP contribution >= 0.6 is 0 Å². The summed E-state index contributed by atoms with van der Waals surface area (Å²) in [7, 11) is 0. The molecular formula is C13H22N2. The third-order valence-corrected chi connectivity index (χ3v) is 3.38. The van der Waals surface area contributed by atoms with E-state index in [0.29, 0.717) is 0 Å². The van der Waals surface area contributed by atoms with Gasteiger partial charge in [-0.15, -0.1) is 0 Å². The maximum absolute atomic E-state index is 4.12. The summed E-state index contributed by atoms with van der Waals surface area (Å²) in [5, 5.41) is 0. The monoisotopic (exact) mass is 206 g/mol. The summed E-state index contributed by atoms with van der Waals surface area (Å²) >= 11 is 0. The zero-order valence-electron chi connectivity index (χ0n) is 9.62. The van der Waals surface area contributed by atoms with Gasteiger partial charge in [-0.1, -0.05) is 12.7 Å². The van der Waals surface area contributed by atoms with Crippen molar-refractivity contribution >= 4 is 0 Å². The van der Waals surface area contributed by atoms with Gasteiger partial charge in [0.15, 0.2) is 0 Å². The highest BCUT2D eigenvalue weighted by atomic mass is 15.1. The van der Waals surface area contributed by atoms with Crippen molar-refractivity contribution in [3.63, 3.8) is 0 Å². The lowest BCUT2D eigenvalue weighted by Crippen LogP contribution is -2.19. The molecule has 0 saturated carbocycles. The average Bonchev–Trinajstić information content (AvgIpc) is 2.90. The molecule has 2 heteroatoms. The van der Waals surface area contributed by atoms with Gasteiger partial charge < -0.3 is 4.90 Å². The molecule has 0 aromatic carbocycles. The first-order chi connectivity index (χ1) is 7.36. The van der Waals surface area contributed by atoms with Crippen molar-refractivity contribution in [2.24, 2.45) is 0 Å². The first-order valence-electron chi connectivity index (χ1n) is 6.19. The predicted octanol–water partition coefficient (Wildman–Crippen LogP) is 2.25. The molecule has 0 unspecified atom stereocenters. The van der Waals surface area contributed by atoms with E-state index in [-0.39, 0.29) is 0 Å². The molecule has 0 radical (unpaired) electrons. The Morgan fingerprint density at radius 2 is 1.60 bits per heavy atom. The van der Waals surface area contributed by atoms with Crippen LogP contribution in [0.5, 0.6) is 0 Å². The molecule has 2 aliphatic rings. The Labute approximate surface area is 93.2 Å². The molecule has 0 spiro atoms. The molecule has 0 aromatic rings. The van der Waals surface area contributed by atoms with Crippen LogP contribution in [-0.4, -0.2) is 42.5 Å². The molecule has 0 N–H and O–H groups in total. The van der Waals surface area contributed by atoms with Gasteiger partial charge in [0.25, 0.3) is 0 Å². The van der Waals surface area contributed by atoms with E-state index in [1.165, 1.54) is 57.6 Å². The maximum atomic E-state index is 4.12. The zero-order valence-corrected chi connectivity index (χ0v) is 9.62. The van der Waals surface area contributed by atoms with Gasteiger partial charge in [-0.25, -0.2) is 0 Å². The van der Waals surface area contributed by atoms with Gasteiger partial charge in [-0.2, -0.15) is 0 Å². The van der Waals surface area contributed by atoms with Crippen molar-refractivity contribution in [1.82, 2.24) is 9.80 Å². The summed E-state index contributed by atoms with van der Waals surface area (Å²) in [6.07, 6.45) is 9.88. The molecule has 2 rings (SSSR count). The van der Waals surface area contributed by atoms with Gasteiger partial charge in [0.1, 0.15) is 0 Å². The fourth-order valence-corrected chi connectivity index (χ4v) is 2.41. The lowest BCUT2D eigenvalue weighted by atomic mass is 10.3. The summed E-state index contributed by atoms with van der Waals surface area (Å²) in [6, 6.07) is 0. The minimum Gasteiger partial charge on any atom is -0.372 e. The van der Waals surface area contributed by atoms with Gasteiger partial charge in [-0.3, -0.25) is 4.90 Å². The standard InChI is InChI=1S/C13H22N2/c1-13(15-11-4-5-12-15)7-6-10-14-8-2-3-9-14/h6-7H,1-5,8-12H2/b7-6+. The quantitative estimate of drug-likeness (QED) is 0.651. The predicted molar refractivity (Wildman–Crippen MR) is 64.8 cm³/mol. The van der Waals surface area contributed by atoms with Crippen molar-refractivity contribution in [3.8, 4) is 0 Å². The van der Waals surface area contributed by atoms with E-state index in [0.717, 1.165) is 6.54 Å². The molecule has 84 valence electrons. The molecule has 2 nitrogen and oxygen atoms in total. The molecule has 0 atom stereocenters. The topological polar surface area (TPSA) is 6.48 Å². The van der Waals surface area contributed by atoms with Crippen LogP contribution in [0.1, 0.15) is 25.7 Å². The fraction of sp³-hybridized carbons (Fsp3) is 0.692. The first kappa shape index (κ1) is 10.7. The fourth-order valence-electron chi connectivity index (χ4n) is 2.41. The Hall–Kier alpha value is -0.760. The Bertz CT molecular complexity index is 233. The van der Waals surface area contributed by atoms with Gasteiger partial charge >= 0.3 is 0 Å². The Morgan fingerprint density at radius 3 is 2.27 bits per heavy atom. The minimum absolute atomic E-state index is 1.10. The molecule has 2 saturated heterocycles.